The first kappa shape index (κ1) is 20.8. The van der Waals surface area contributed by atoms with E-state index < -0.39 is 15.9 Å². The standard InChI is InChI=1S/C16H11Cl6NO2/c17-10-7-11(18)14(12(19)8-10)25-15(16(20,21)22)23-13(24)6-9-4-2-1-3-5-9/h1-5,7-8,15H,6H2,(H,23,24)/t15-/m0/s1. The van der Waals surface area contributed by atoms with E-state index in [1.807, 2.05) is 18.2 Å². The Morgan fingerprint density at radius 1 is 1.04 bits per heavy atom. The molecule has 2 aromatic carbocycles. The maximum Gasteiger partial charge on any atom is 0.246 e. The number of ether oxygens (including phenoxy) is 1. The van der Waals surface area contributed by atoms with Crippen LogP contribution in [0.15, 0.2) is 42.5 Å². The Kier molecular flexibility index (Phi) is 7.39. The van der Waals surface area contributed by atoms with Gasteiger partial charge in [-0.2, -0.15) is 0 Å². The molecular formula is C16H11Cl6NO2. The van der Waals surface area contributed by atoms with Gasteiger partial charge >= 0.3 is 0 Å². The Labute approximate surface area is 175 Å². The molecule has 2 aromatic rings. The van der Waals surface area contributed by atoms with Crippen LogP contribution in [0.5, 0.6) is 5.75 Å². The van der Waals surface area contributed by atoms with E-state index in [9.17, 15) is 4.79 Å². The molecule has 0 aliphatic carbocycles. The van der Waals surface area contributed by atoms with Crippen molar-refractivity contribution in [2.75, 3.05) is 0 Å². The van der Waals surface area contributed by atoms with Crippen molar-refractivity contribution < 1.29 is 9.53 Å². The van der Waals surface area contributed by atoms with Crippen molar-refractivity contribution in [3.05, 3.63) is 63.1 Å². The number of rotatable bonds is 5. The van der Waals surface area contributed by atoms with Crippen molar-refractivity contribution in [1.82, 2.24) is 5.32 Å². The summed E-state index contributed by atoms with van der Waals surface area (Å²) in [7, 11) is 0. The van der Waals surface area contributed by atoms with Crippen molar-refractivity contribution in [3.8, 4) is 5.75 Å². The van der Waals surface area contributed by atoms with Crippen LogP contribution in [0.4, 0.5) is 0 Å². The van der Waals surface area contributed by atoms with Crippen LogP contribution >= 0.6 is 69.6 Å². The molecule has 0 saturated carbocycles. The highest BCUT2D eigenvalue weighted by Crippen LogP contribution is 2.39. The van der Waals surface area contributed by atoms with Crippen LogP contribution in [-0.2, 0) is 11.2 Å². The number of carbonyl (C=O) groups is 1. The van der Waals surface area contributed by atoms with E-state index in [1.54, 1.807) is 12.1 Å². The predicted molar refractivity (Wildman–Crippen MR) is 104 cm³/mol. The monoisotopic (exact) mass is 459 g/mol. The summed E-state index contributed by atoms with van der Waals surface area (Å²) >= 11 is 35.7. The summed E-state index contributed by atoms with van der Waals surface area (Å²) in [5.74, 6) is -0.354. The summed E-state index contributed by atoms with van der Waals surface area (Å²) in [5, 5.41) is 3.07. The first-order chi connectivity index (χ1) is 11.7. The van der Waals surface area contributed by atoms with Gasteiger partial charge in [-0.3, -0.25) is 4.79 Å². The molecule has 0 aliphatic rings. The fourth-order valence-corrected chi connectivity index (χ4v) is 3.12. The van der Waals surface area contributed by atoms with Gasteiger partial charge in [0.15, 0.2) is 5.75 Å². The fourth-order valence-electron chi connectivity index (χ4n) is 1.92. The molecule has 25 heavy (non-hydrogen) atoms. The Bertz CT molecular complexity index is 725. The summed E-state index contributed by atoms with van der Waals surface area (Å²) < 4.78 is 3.59. The third-order valence-electron chi connectivity index (χ3n) is 3.00. The number of hydrogen-bond donors (Lipinski definition) is 1. The number of halogens is 6. The second-order valence-corrected chi connectivity index (χ2v) is 8.59. The quantitative estimate of drug-likeness (QED) is 0.432. The van der Waals surface area contributed by atoms with Crippen molar-refractivity contribution in [2.45, 2.75) is 16.4 Å². The summed E-state index contributed by atoms with van der Waals surface area (Å²) in [4.78, 5) is 12.2. The normalized spacial score (nSPS) is 12.6. The lowest BCUT2D eigenvalue weighted by Gasteiger charge is -2.27. The third kappa shape index (κ3) is 6.28. The maximum atomic E-state index is 12.2. The van der Waals surface area contributed by atoms with Gasteiger partial charge in [0.1, 0.15) is 0 Å². The number of nitrogens with one attached hydrogen (secondary N) is 1. The van der Waals surface area contributed by atoms with Crippen molar-refractivity contribution in [3.63, 3.8) is 0 Å². The number of benzene rings is 2. The lowest BCUT2D eigenvalue weighted by molar-refractivity contribution is -0.122. The average molecular weight is 462 g/mol. The van der Waals surface area contributed by atoms with Crippen molar-refractivity contribution in [1.29, 1.82) is 0 Å². The molecule has 9 heteroatoms. The molecule has 2 rings (SSSR count). The molecule has 0 saturated heterocycles. The molecule has 1 amide bonds. The lowest BCUT2D eigenvalue weighted by Crippen LogP contribution is -2.48. The molecule has 3 nitrogen and oxygen atoms in total. The van der Waals surface area contributed by atoms with Crippen LogP contribution in [0, 0.1) is 0 Å². The maximum absolute atomic E-state index is 12.2. The van der Waals surface area contributed by atoms with E-state index in [4.69, 9.17) is 74.3 Å². The summed E-state index contributed by atoms with van der Waals surface area (Å²) in [6.45, 7) is 0. The second-order valence-electron chi connectivity index (χ2n) is 4.97. The molecule has 0 heterocycles. The summed E-state index contributed by atoms with van der Waals surface area (Å²) in [6.07, 6.45) is -1.23. The highest BCUT2D eigenvalue weighted by atomic mass is 35.6. The lowest BCUT2D eigenvalue weighted by atomic mass is 10.1. The molecule has 0 unspecified atom stereocenters. The van der Waals surface area contributed by atoms with E-state index in [1.165, 1.54) is 12.1 Å². The number of amides is 1. The molecule has 1 N–H and O–H groups in total. The fraction of sp³-hybridized carbons (Fsp3) is 0.188. The van der Waals surface area contributed by atoms with Gasteiger partial charge in [0.25, 0.3) is 0 Å². The molecule has 0 spiro atoms. The van der Waals surface area contributed by atoms with Gasteiger partial charge in [-0.25, -0.2) is 0 Å². The van der Waals surface area contributed by atoms with Crippen molar-refractivity contribution in [2.24, 2.45) is 0 Å². The first-order valence-electron chi connectivity index (χ1n) is 6.88. The Balaban J connectivity index is 2.16. The van der Waals surface area contributed by atoms with Crippen LogP contribution in [0.2, 0.25) is 15.1 Å². The van der Waals surface area contributed by atoms with Crippen LogP contribution in [0.25, 0.3) is 0 Å². The highest BCUT2D eigenvalue weighted by molar-refractivity contribution is 6.68. The van der Waals surface area contributed by atoms with Gasteiger partial charge in [-0.1, -0.05) is 99.9 Å². The van der Waals surface area contributed by atoms with E-state index in [0.717, 1.165) is 5.56 Å². The van der Waals surface area contributed by atoms with E-state index in [-0.39, 0.29) is 22.2 Å². The molecule has 0 bridgehead atoms. The average Bonchev–Trinajstić information content (AvgIpc) is 2.49. The molecular weight excluding hydrogens is 451 g/mol. The zero-order chi connectivity index (χ0) is 18.6. The summed E-state index contributed by atoms with van der Waals surface area (Å²) in [5.41, 5.74) is 0.797. The zero-order valence-corrected chi connectivity index (χ0v) is 16.9. The minimum atomic E-state index is -1.96. The Hall–Kier alpha value is -0.550. The molecule has 134 valence electrons. The van der Waals surface area contributed by atoms with Gasteiger partial charge in [0.05, 0.1) is 16.5 Å². The number of alkyl halides is 3. The second kappa shape index (κ2) is 8.90. The number of carbonyl (C=O) groups excluding carboxylic acids is 1. The smallest absolute Gasteiger partial charge is 0.246 e. The largest absolute Gasteiger partial charge is 0.463 e. The van der Waals surface area contributed by atoms with Crippen LogP contribution in [0.3, 0.4) is 0 Å². The van der Waals surface area contributed by atoms with E-state index in [2.05, 4.69) is 5.32 Å². The van der Waals surface area contributed by atoms with Gasteiger partial charge in [0, 0.05) is 5.02 Å². The molecule has 0 fully saturated rings. The number of hydrogen-bond acceptors (Lipinski definition) is 2. The van der Waals surface area contributed by atoms with Gasteiger partial charge in [0.2, 0.25) is 15.9 Å². The minimum absolute atomic E-state index is 0.0454. The molecule has 0 radical (unpaired) electrons. The van der Waals surface area contributed by atoms with Crippen LogP contribution < -0.4 is 10.1 Å². The van der Waals surface area contributed by atoms with E-state index in [0.29, 0.717) is 5.02 Å². The first-order valence-corrected chi connectivity index (χ1v) is 9.15. The Morgan fingerprint density at radius 2 is 1.60 bits per heavy atom. The zero-order valence-electron chi connectivity index (χ0n) is 12.4. The summed E-state index contributed by atoms with van der Waals surface area (Å²) in [6, 6.07) is 11.9. The van der Waals surface area contributed by atoms with Crippen LogP contribution in [-0.4, -0.2) is 15.9 Å². The Morgan fingerprint density at radius 3 is 2.12 bits per heavy atom. The van der Waals surface area contributed by atoms with E-state index >= 15 is 0 Å². The van der Waals surface area contributed by atoms with Gasteiger partial charge in [-0.05, 0) is 17.7 Å². The van der Waals surface area contributed by atoms with Crippen LogP contribution in [0.1, 0.15) is 5.56 Å². The molecule has 0 aromatic heterocycles. The minimum Gasteiger partial charge on any atom is -0.463 e. The predicted octanol–water partition coefficient (Wildman–Crippen LogP) is 6.08. The molecule has 1 atom stereocenters. The highest BCUT2D eigenvalue weighted by Gasteiger charge is 2.37. The topological polar surface area (TPSA) is 38.3 Å². The molecule has 0 aliphatic heterocycles. The van der Waals surface area contributed by atoms with Crippen molar-refractivity contribution >= 4 is 75.5 Å². The van der Waals surface area contributed by atoms with Gasteiger partial charge < -0.3 is 10.1 Å². The van der Waals surface area contributed by atoms with Gasteiger partial charge in [-0.15, -0.1) is 0 Å². The third-order valence-corrected chi connectivity index (χ3v) is 4.37. The SMILES string of the molecule is O=C(Cc1ccccc1)N[C@@H](Oc1c(Cl)cc(Cl)cc1Cl)C(Cl)(Cl)Cl.